The standard InChI is InChI=1S/C13H26N2O2/c1-6-11(5)12(16)8-15(7-2)9-13(17)14-10(3)4/h10-11H,6-9H2,1-5H3,(H,14,17). The minimum Gasteiger partial charge on any atom is -0.353 e. The zero-order valence-corrected chi connectivity index (χ0v) is 11.7. The van der Waals surface area contributed by atoms with Gasteiger partial charge in [-0.25, -0.2) is 0 Å². The Labute approximate surface area is 105 Å². The van der Waals surface area contributed by atoms with Crippen LogP contribution in [0.4, 0.5) is 0 Å². The van der Waals surface area contributed by atoms with Crippen molar-refractivity contribution < 1.29 is 9.59 Å². The van der Waals surface area contributed by atoms with Crippen LogP contribution in [-0.2, 0) is 9.59 Å². The number of nitrogens with one attached hydrogen (secondary N) is 1. The van der Waals surface area contributed by atoms with E-state index >= 15 is 0 Å². The number of carbonyl (C=O) groups excluding carboxylic acids is 2. The number of Topliss-reactive ketones (excluding diaryl/α,β-unsaturated/α-hetero) is 1. The van der Waals surface area contributed by atoms with Crippen LogP contribution in [-0.4, -0.2) is 42.3 Å². The van der Waals surface area contributed by atoms with Gasteiger partial charge in [0.25, 0.3) is 0 Å². The molecule has 0 aromatic rings. The van der Waals surface area contributed by atoms with E-state index < -0.39 is 0 Å². The molecular formula is C13H26N2O2. The zero-order chi connectivity index (χ0) is 13.4. The van der Waals surface area contributed by atoms with E-state index in [0.717, 1.165) is 6.42 Å². The van der Waals surface area contributed by atoms with Crippen molar-refractivity contribution in [3.63, 3.8) is 0 Å². The normalized spacial score (nSPS) is 12.9. The lowest BCUT2D eigenvalue weighted by molar-refractivity contribution is -0.126. The first-order valence-electron chi connectivity index (χ1n) is 6.45. The van der Waals surface area contributed by atoms with Gasteiger partial charge in [0.05, 0.1) is 13.1 Å². The molecule has 1 unspecified atom stereocenters. The van der Waals surface area contributed by atoms with Gasteiger partial charge in [0.2, 0.25) is 5.91 Å². The Kier molecular flexibility index (Phi) is 7.79. The van der Waals surface area contributed by atoms with Crippen molar-refractivity contribution in [3.8, 4) is 0 Å². The van der Waals surface area contributed by atoms with Gasteiger partial charge in [0.15, 0.2) is 0 Å². The summed E-state index contributed by atoms with van der Waals surface area (Å²) in [6.45, 7) is 11.2. The summed E-state index contributed by atoms with van der Waals surface area (Å²) in [6.07, 6.45) is 0.856. The molecule has 0 saturated heterocycles. The summed E-state index contributed by atoms with van der Waals surface area (Å²) in [4.78, 5) is 25.2. The highest BCUT2D eigenvalue weighted by Gasteiger charge is 2.16. The fourth-order valence-electron chi connectivity index (χ4n) is 1.45. The van der Waals surface area contributed by atoms with Gasteiger partial charge in [-0.3, -0.25) is 14.5 Å². The van der Waals surface area contributed by atoms with Crippen LogP contribution in [0.1, 0.15) is 41.0 Å². The van der Waals surface area contributed by atoms with Gasteiger partial charge in [0.1, 0.15) is 5.78 Å². The third kappa shape index (κ3) is 7.10. The molecule has 0 spiro atoms. The van der Waals surface area contributed by atoms with Gasteiger partial charge >= 0.3 is 0 Å². The monoisotopic (exact) mass is 242 g/mol. The third-order valence-electron chi connectivity index (χ3n) is 2.81. The van der Waals surface area contributed by atoms with Crippen LogP contribution < -0.4 is 5.32 Å². The smallest absolute Gasteiger partial charge is 0.234 e. The van der Waals surface area contributed by atoms with E-state index in [0.29, 0.717) is 19.6 Å². The Morgan fingerprint density at radius 3 is 2.12 bits per heavy atom. The minimum absolute atomic E-state index is 0.0150. The Balaban J connectivity index is 4.16. The molecular weight excluding hydrogens is 216 g/mol. The topological polar surface area (TPSA) is 49.4 Å². The van der Waals surface area contributed by atoms with Gasteiger partial charge in [0, 0.05) is 12.0 Å². The second-order valence-corrected chi connectivity index (χ2v) is 4.80. The summed E-state index contributed by atoms with van der Waals surface area (Å²) in [7, 11) is 0. The van der Waals surface area contributed by atoms with Crippen LogP contribution in [0.15, 0.2) is 0 Å². The van der Waals surface area contributed by atoms with Gasteiger partial charge < -0.3 is 5.32 Å². The molecule has 0 radical (unpaired) electrons. The van der Waals surface area contributed by atoms with Crippen molar-refractivity contribution in [2.45, 2.75) is 47.1 Å². The molecule has 1 N–H and O–H groups in total. The molecule has 0 aromatic heterocycles. The summed E-state index contributed by atoms with van der Waals surface area (Å²) < 4.78 is 0. The highest BCUT2D eigenvalue weighted by molar-refractivity contribution is 5.84. The minimum atomic E-state index is -0.0150. The molecule has 1 amide bonds. The maximum absolute atomic E-state index is 11.8. The molecule has 0 aliphatic carbocycles. The van der Waals surface area contributed by atoms with E-state index in [1.807, 2.05) is 39.5 Å². The lowest BCUT2D eigenvalue weighted by Crippen LogP contribution is -2.42. The molecule has 0 heterocycles. The number of hydrogen-bond acceptors (Lipinski definition) is 3. The van der Waals surface area contributed by atoms with E-state index in [4.69, 9.17) is 0 Å². The highest BCUT2D eigenvalue weighted by atomic mass is 16.2. The fraction of sp³-hybridized carbons (Fsp3) is 0.846. The molecule has 1 atom stereocenters. The fourth-order valence-corrected chi connectivity index (χ4v) is 1.45. The highest BCUT2D eigenvalue weighted by Crippen LogP contribution is 2.03. The maximum atomic E-state index is 11.8. The van der Waals surface area contributed by atoms with E-state index in [1.165, 1.54) is 0 Å². The van der Waals surface area contributed by atoms with Crippen LogP contribution in [0, 0.1) is 5.92 Å². The predicted molar refractivity (Wildman–Crippen MR) is 69.9 cm³/mol. The van der Waals surface area contributed by atoms with Gasteiger partial charge in [-0.05, 0) is 26.8 Å². The number of nitrogens with zero attached hydrogens (tertiary/aromatic N) is 1. The Morgan fingerprint density at radius 1 is 1.12 bits per heavy atom. The molecule has 0 aliphatic rings. The molecule has 0 aliphatic heterocycles. The first-order chi connectivity index (χ1) is 7.90. The van der Waals surface area contributed by atoms with E-state index in [9.17, 15) is 9.59 Å². The maximum Gasteiger partial charge on any atom is 0.234 e. The van der Waals surface area contributed by atoms with Crippen molar-refractivity contribution in [2.24, 2.45) is 5.92 Å². The van der Waals surface area contributed by atoms with Crippen LogP contribution in [0.2, 0.25) is 0 Å². The molecule has 17 heavy (non-hydrogen) atoms. The largest absolute Gasteiger partial charge is 0.353 e. The van der Waals surface area contributed by atoms with Gasteiger partial charge in [-0.15, -0.1) is 0 Å². The number of ketones is 1. The van der Waals surface area contributed by atoms with Crippen LogP contribution in [0.25, 0.3) is 0 Å². The van der Waals surface area contributed by atoms with Gasteiger partial charge in [-0.2, -0.15) is 0 Å². The number of rotatable bonds is 8. The van der Waals surface area contributed by atoms with E-state index in [1.54, 1.807) is 0 Å². The lowest BCUT2D eigenvalue weighted by atomic mass is 10.0. The molecule has 0 bridgehead atoms. The molecule has 0 saturated carbocycles. The number of likely N-dealkylation sites (N-methyl/N-ethyl adjacent to an activating group) is 1. The number of hydrogen-bond donors (Lipinski definition) is 1. The summed E-state index contributed by atoms with van der Waals surface area (Å²) in [5.74, 6) is 0.280. The lowest BCUT2D eigenvalue weighted by Gasteiger charge is -2.21. The summed E-state index contributed by atoms with van der Waals surface area (Å²) in [5, 5.41) is 2.83. The quantitative estimate of drug-likeness (QED) is 0.701. The Hall–Kier alpha value is -0.900. The number of amides is 1. The second kappa shape index (κ2) is 8.23. The van der Waals surface area contributed by atoms with Crippen molar-refractivity contribution >= 4 is 11.7 Å². The Morgan fingerprint density at radius 2 is 1.71 bits per heavy atom. The summed E-state index contributed by atoms with van der Waals surface area (Å²) in [5.41, 5.74) is 0. The average Bonchev–Trinajstić information content (AvgIpc) is 2.25. The average molecular weight is 242 g/mol. The molecule has 0 aromatic carbocycles. The zero-order valence-electron chi connectivity index (χ0n) is 11.7. The second-order valence-electron chi connectivity index (χ2n) is 4.80. The molecule has 4 heteroatoms. The van der Waals surface area contributed by atoms with E-state index in [-0.39, 0.29) is 23.7 Å². The summed E-state index contributed by atoms with van der Waals surface area (Å²) in [6, 6.07) is 0.145. The van der Waals surface area contributed by atoms with Crippen molar-refractivity contribution in [1.29, 1.82) is 0 Å². The first-order valence-corrected chi connectivity index (χ1v) is 6.45. The molecule has 0 fully saturated rings. The van der Waals surface area contributed by atoms with E-state index in [2.05, 4.69) is 5.32 Å². The van der Waals surface area contributed by atoms with Gasteiger partial charge in [-0.1, -0.05) is 20.8 Å². The van der Waals surface area contributed by atoms with Crippen LogP contribution in [0.3, 0.4) is 0 Å². The third-order valence-corrected chi connectivity index (χ3v) is 2.81. The molecule has 4 nitrogen and oxygen atoms in total. The molecule has 0 rings (SSSR count). The van der Waals surface area contributed by atoms with Crippen molar-refractivity contribution in [2.75, 3.05) is 19.6 Å². The van der Waals surface area contributed by atoms with Crippen molar-refractivity contribution in [1.82, 2.24) is 10.2 Å². The summed E-state index contributed by atoms with van der Waals surface area (Å²) >= 11 is 0. The predicted octanol–water partition coefficient (Wildman–Crippen LogP) is 1.45. The Bertz CT molecular complexity index is 252. The van der Waals surface area contributed by atoms with Crippen LogP contribution >= 0.6 is 0 Å². The molecule has 100 valence electrons. The SMILES string of the molecule is CCC(C)C(=O)CN(CC)CC(=O)NC(C)C. The first kappa shape index (κ1) is 16.1. The van der Waals surface area contributed by atoms with Crippen molar-refractivity contribution in [3.05, 3.63) is 0 Å². The number of carbonyl (C=O) groups is 2. The van der Waals surface area contributed by atoms with Crippen LogP contribution in [0.5, 0.6) is 0 Å².